The molecule has 0 aliphatic heterocycles. The number of aliphatic hydroxyl groups excluding tert-OH is 1. The quantitative estimate of drug-likeness (QED) is 0.666. The Kier molecular flexibility index (Phi) is 5.56. The van der Waals surface area contributed by atoms with Crippen molar-refractivity contribution >= 4 is 22.7 Å². The molecule has 0 saturated heterocycles. The molecule has 1 N–H and O–H groups in total. The Morgan fingerprint density at radius 2 is 1.92 bits per heavy atom. The number of carbonyl (C=O) groups excluding carboxylic acids is 2. The lowest BCUT2D eigenvalue weighted by atomic mass is 9.78. The SMILES string of the molecule is CCC(=O)C1=C(O)CC(c2c(C)cc(C)c([S+](C)[O-])c2C)CC1=O. The number of hydrogen-bond acceptors (Lipinski definition) is 4. The lowest BCUT2D eigenvalue weighted by Crippen LogP contribution is -2.24. The minimum atomic E-state index is -1.12. The number of carbonyl (C=O) groups is 2. The van der Waals surface area contributed by atoms with Gasteiger partial charge >= 0.3 is 0 Å². The first-order valence-corrected chi connectivity index (χ1v) is 9.67. The average molecular weight is 348 g/mol. The number of benzene rings is 1. The Morgan fingerprint density at radius 1 is 1.29 bits per heavy atom. The monoisotopic (exact) mass is 348 g/mol. The highest BCUT2D eigenvalue weighted by molar-refractivity contribution is 7.90. The van der Waals surface area contributed by atoms with E-state index in [-0.39, 0.29) is 48.1 Å². The topological polar surface area (TPSA) is 77.4 Å². The van der Waals surface area contributed by atoms with Crippen LogP contribution in [0.1, 0.15) is 54.4 Å². The van der Waals surface area contributed by atoms with E-state index >= 15 is 0 Å². The zero-order valence-electron chi connectivity index (χ0n) is 14.9. The molecule has 0 radical (unpaired) electrons. The molecule has 2 atom stereocenters. The summed E-state index contributed by atoms with van der Waals surface area (Å²) in [5, 5.41) is 10.3. The highest BCUT2D eigenvalue weighted by Crippen LogP contribution is 2.39. The molecule has 0 saturated carbocycles. The van der Waals surface area contributed by atoms with Gasteiger partial charge in [0.15, 0.2) is 16.5 Å². The van der Waals surface area contributed by atoms with E-state index < -0.39 is 11.2 Å². The van der Waals surface area contributed by atoms with Crippen LogP contribution in [0.15, 0.2) is 22.3 Å². The molecule has 0 spiro atoms. The van der Waals surface area contributed by atoms with Crippen LogP contribution in [0.3, 0.4) is 0 Å². The van der Waals surface area contributed by atoms with E-state index in [0.717, 1.165) is 27.1 Å². The number of aliphatic hydroxyl groups is 1. The van der Waals surface area contributed by atoms with Gasteiger partial charge < -0.3 is 9.66 Å². The fourth-order valence-electron chi connectivity index (χ4n) is 3.84. The average Bonchev–Trinajstić information content (AvgIpc) is 2.45. The first kappa shape index (κ1) is 18.7. The highest BCUT2D eigenvalue weighted by Gasteiger charge is 2.34. The Labute approximate surface area is 146 Å². The summed E-state index contributed by atoms with van der Waals surface area (Å²) < 4.78 is 12.1. The second-order valence-corrected chi connectivity index (χ2v) is 7.78. The second kappa shape index (κ2) is 7.11. The van der Waals surface area contributed by atoms with Crippen molar-refractivity contribution < 1.29 is 19.2 Å². The highest BCUT2D eigenvalue weighted by atomic mass is 32.2. The Hall–Kier alpha value is -1.59. The van der Waals surface area contributed by atoms with Crippen LogP contribution in [-0.2, 0) is 20.8 Å². The molecule has 0 amide bonds. The maximum atomic E-state index is 12.4. The lowest BCUT2D eigenvalue weighted by Gasteiger charge is -2.27. The van der Waals surface area contributed by atoms with Gasteiger partial charge in [-0.2, -0.15) is 0 Å². The molecule has 1 aromatic carbocycles. The third-order valence-corrected chi connectivity index (χ3v) is 5.90. The Bertz CT molecular complexity index is 731. The van der Waals surface area contributed by atoms with E-state index in [0.29, 0.717) is 0 Å². The standard InChI is InChI=1S/C19H24O4S/c1-6-14(20)18-15(21)8-13(9-16(18)22)17-10(2)7-11(3)19(12(17)4)24(5)23/h7,13,21H,6,8-9H2,1-5H3. The van der Waals surface area contributed by atoms with Gasteiger partial charge in [-0.1, -0.05) is 13.0 Å². The van der Waals surface area contributed by atoms with Crippen LogP contribution in [0.4, 0.5) is 0 Å². The maximum absolute atomic E-state index is 12.4. The summed E-state index contributed by atoms with van der Waals surface area (Å²) in [5.74, 6) is -0.895. The molecular weight excluding hydrogens is 324 g/mol. The maximum Gasteiger partial charge on any atom is 0.170 e. The number of allylic oxidation sites excluding steroid dienone is 2. The molecule has 0 aromatic heterocycles. The van der Waals surface area contributed by atoms with Gasteiger partial charge in [-0.3, -0.25) is 9.59 Å². The summed E-state index contributed by atoms with van der Waals surface area (Å²) in [6, 6.07) is 1.98. The van der Waals surface area contributed by atoms with Gasteiger partial charge in [0.1, 0.15) is 12.0 Å². The normalized spacial score (nSPS) is 19.6. The fourth-order valence-corrected chi connectivity index (χ4v) is 4.90. The van der Waals surface area contributed by atoms with Crippen LogP contribution in [0, 0.1) is 20.8 Å². The molecule has 0 bridgehead atoms. The van der Waals surface area contributed by atoms with Crippen LogP contribution >= 0.6 is 0 Å². The first-order chi connectivity index (χ1) is 11.2. The van der Waals surface area contributed by atoms with Crippen molar-refractivity contribution in [3.05, 3.63) is 39.7 Å². The molecule has 2 unspecified atom stereocenters. The number of Topliss-reactive ketones (excluding diaryl/α,β-unsaturated/α-hetero) is 2. The van der Waals surface area contributed by atoms with Gasteiger partial charge in [-0.05, 0) is 49.0 Å². The van der Waals surface area contributed by atoms with Gasteiger partial charge in [0.25, 0.3) is 0 Å². The van der Waals surface area contributed by atoms with Gasteiger partial charge in [0.05, 0.1) is 5.57 Å². The molecule has 0 fully saturated rings. The molecule has 130 valence electrons. The number of ketones is 2. The summed E-state index contributed by atoms with van der Waals surface area (Å²) in [4.78, 5) is 25.1. The van der Waals surface area contributed by atoms with Crippen molar-refractivity contribution in [3.8, 4) is 0 Å². The zero-order chi connectivity index (χ0) is 18.2. The van der Waals surface area contributed by atoms with Crippen molar-refractivity contribution in [2.45, 2.75) is 57.8 Å². The van der Waals surface area contributed by atoms with Crippen LogP contribution in [0.5, 0.6) is 0 Å². The molecule has 0 heterocycles. The third-order valence-electron chi connectivity index (χ3n) is 4.70. The van der Waals surface area contributed by atoms with Crippen molar-refractivity contribution in [1.82, 2.24) is 0 Å². The van der Waals surface area contributed by atoms with Crippen LogP contribution < -0.4 is 0 Å². The van der Waals surface area contributed by atoms with Gasteiger partial charge in [-0.15, -0.1) is 0 Å². The predicted octanol–water partition coefficient (Wildman–Crippen LogP) is 3.59. The van der Waals surface area contributed by atoms with Gasteiger partial charge in [0, 0.05) is 30.4 Å². The Balaban J connectivity index is 2.52. The van der Waals surface area contributed by atoms with Crippen LogP contribution in [0.25, 0.3) is 0 Å². The van der Waals surface area contributed by atoms with E-state index in [9.17, 15) is 19.2 Å². The summed E-state index contributed by atoms with van der Waals surface area (Å²) in [6.45, 7) is 7.50. The van der Waals surface area contributed by atoms with Crippen molar-refractivity contribution in [2.75, 3.05) is 6.26 Å². The summed E-state index contributed by atoms with van der Waals surface area (Å²) in [6.07, 6.45) is 2.33. The minimum Gasteiger partial charge on any atom is -0.612 e. The number of aryl methyl sites for hydroxylation is 2. The molecule has 1 aliphatic carbocycles. The molecule has 1 aromatic rings. The van der Waals surface area contributed by atoms with Crippen molar-refractivity contribution in [2.24, 2.45) is 0 Å². The molecule has 2 rings (SSSR count). The molecule has 24 heavy (non-hydrogen) atoms. The smallest absolute Gasteiger partial charge is 0.170 e. The lowest BCUT2D eigenvalue weighted by molar-refractivity contribution is -0.122. The van der Waals surface area contributed by atoms with Crippen molar-refractivity contribution in [3.63, 3.8) is 0 Å². The summed E-state index contributed by atoms with van der Waals surface area (Å²) in [5.41, 5.74) is 3.85. The Morgan fingerprint density at radius 3 is 2.42 bits per heavy atom. The van der Waals surface area contributed by atoms with Gasteiger partial charge in [0.2, 0.25) is 0 Å². The largest absolute Gasteiger partial charge is 0.612 e. The van der Waals surface area contributed by atoms with E-state index in [1.807, 2.05) is 26.8 Å². The molecule has 5 heteroatoms. The first-order valence-electron chi connectivity index (χ1n) is 8.11. The van der Waals surface area contributed by atoms with Crippen LogP contribution in [0.2, 0.25) is 0 Å². The van der Waals surface area contributed by atoms with Crippen LogP contribution in [-0.4, -0.2) is 27.5 Å². The van der Waals surface area contributed by atoms with E-state index in [4.69, 9.17) is 0 Å². The summed E-state index contributed by atoms with van der Waals surface area (Å²) in [7, 11) is 0. The van der Waals surface area contributed by atoms with E-state index in [1.54, 1.807) is 13.2 Å². The second-order valence-electron chi connectivity index (χ2n) is 6.46. The molecule has 1 aliphatic rings. The zero-order valence-corrected chi connectivity index (χ0v) is 15.7. The summed E-state index contributed by atoms with van der Waals surface area (Å²) >= 11 is -1.12. The third kappa shape index (κ3) is 3.28. The molecular formula is C19H24O4S. The number of hydrogen-bond donors (Lipinski definition) is 1. The predicted molar refractivity (Wildman–Crippen MR) is 94.9 cm³/mol. The van der Waals surface area contributed by atoms with E-state index in [1.165, 1.54) is 0 Å². The van der Waals surface area contributed by atoms with Crippen molar-refractivity contribution in [1.29, 1.82) is 0 Å². The molecule has 4 nitrogen and oxygen atoms in total. The fraction of sp³-hybridized carbons (Fsp3) is 0.474. The van der Waals surface area contributed by atoms with Gasteiger partial charge in [-0.25, -0.2) is 0 Å². The van der Waals surface area contributed by atoms with E-state index in [2.05, 4.69) is 0 Å². The minimum absolute atomic E-state index is 0.0320. The number of rotatable bonds is 4.